The van der Waals surface area contributed by atoms with Gasteiger partial charge in [0.15, 0.2) is 12.8 Å². The molecule has 1 aliphatic heterocycles. The molecule has 92 valence electrons. The number of carbonyl (C=O) groups is 1. The van der Waals surface area contributed by atoms with Crippen molar-refractivity contribution in [1.29, 1.82) is 0 Å². The summed E-state index contributed by atoms with van der Waals surface area (Å²) in [6.07, 6.45) is 1.46. The van der Waals surface area contributed by atoms with Gasteiger partial charge in [-0.3, -0.25) is 0 Å². The third kappa shape index (κ3) is 2.66. The maximum atomic E-state index is 10.8. The van der Waals surface area contributed by atoms with Crippen molar-refractivity contribution in [2.24, 2.45) is 4.99 Å². The number of aliphatic hydroxyl groups is 1. The minimum absolute atomic E-state index is 0. The topological polar surface area (TPSA) is 99.9 Å². The predicted octanol–water partition coefficient (Wildman–Crippen LogP) is 0.0375. The molecule has 0 radical (unpaired) electrons. The molecule has 0 fully saturated rings. The lowest BCUT2D eigenvalue weighted by molar-refractivity contribution is -0.877. The number of amidine groups is 1. The summed E-state index contributed by atoms with van der Waals surface area (Å²) in [5.74, 6) is -0.211. The molecule has 1 aliphatic rings. The number of nitrogens with zero attached hydrogens (tertiary/aromatic N) is 2. The zero-order chi connectivity index (χ0) is 11.5. The molecule has 2 atom stereocenters. The minimum atomic E-state index is -0.922. The molecule has 0 saturated carbocycles. The van der Waals surface area contributed by atoms with E-state index in [1.807, 2.05) is 0 Å². The first-order chi connectivity index (χ1) is 7.03. The smallest absolute Gasteiger partial charge is 0.359 e. The summed E-state index contributed by atoms with van der Waals surface area (Å²) in [7, 11) is 0. The molecule has 3 N–H and O–H groups in total. The molecular formula is C10H18N2O4. The Bertz CT molecular complexity index is 301. The van der Waals surface area contributed by atoms with Gasteiger partial charge in [-0.2, -0.15) is 0 Å². The van der Waals surface area contributed by atoms with Crippen molar-refractivity contribution in [1.82, 2.24) is 0 Å². The molecule has 6 heteroatoms. The highest BCUT2D eigenvalue weighted by atomic mass is 16.4. The lowest BCUT2D eigenvalue weighted by Gasteiger charge is -2.35. The normalized spacial score (nSPS) is 25.5. The molecule has 0 amide bonds. The summed E-state index contributed by atoms with van der Waals surface area (Å²) in [6, 6.07) is 0. The Labute approximate surface area is 94.4 Å². The van der Waals surface area contributed by atoms with Crippen LogP contribution in [0.4, 0.5) is 0 Å². The Morgan fingerprint density at radius 2 is 2.38 bits per heavy atom. The van der Waals surface area contributed by atoms with Crippen LogP contribution < -0.4 is 0 Å². The number of rotatable bonds is 5. The number of aliphatic hydroxyl groups excluding tert-OH is 1. The molecule has 0 aromatic rings. The fraction of sp³-hybridized carbons (Fsp3) is 0.600. The minimum Gasteiger partial charge on any atom is -0.870 e. The predicted molar refractivity (Wildman–Crippen MR) is 58.4 cm³/mol. The summed E-state index contributed by atoms with van der Waals surface area (Å²) in [4.78, 5) is 15.1. The van der Waals surface area contributed by atoms with E-state index in [0.717, 1.165) is 0 Å². The molecule has 6 nitrogen and oxygen atoms in total. The highest BCUT2D eigenvalue weighted by Crippen LogP contribution is 2.21. The molecular weight excluding hydrogens is 212 g/mol. The van der Waals surface area contributed by atoms with Crippen LogP contribution in [0.3, 0.4) is 0 Å². The maximum absolute atomic E-state index is 10.8. The van der Waals surface area contributed by atoms with Crippen LogP contribution in [0.5, 0.6) is 0 Å². The summed E-state index contributed by atoms with van der Waals surface area (Å²) in [5, 5.41) is 18.6. The van der Waals surface area contributed by atoms with E-state index in [9.17, 15) is 9.90 Å². The third-order valence-electron chi connectivity index (χ3n) is 2.77. The van der Waals surface area contributed by atoms with Crippen LogP contribution in [0.15, 0.2) is 17.6 Å². The average Bonchev–Trinajstić information content (AvgIpc) is 2.49. The van der Waals surface area contributed by atoms with Crippen LogP contribution >= 0.6 is 0 Å². The van der Waals surface area contributed by atoms with Gasteiger partial charge in [0.2, 0.25) is 5.84 Å². The lowest BCUT2D eigenvalue weighted by atomic mass is 10.2. The van der Waals surface area contributed by atoms with Crippen LogP contribution in [0.2, 0.25) is 0 Å². The second-order valence-electron chi connectivity index (χ2n) is 3.73. The van der Waals surface area contributed by atoms with E-state index in [-0.39, 0.29) is 16.5 Å². The molecule has 0 aliphatic carbocycles. The number of carboxylic acid groups (broad SMARTS) is 1. The van der Waals surface area contributed by atoms with E-state index < -0.39 is 12.2 Å². The molecule has 0 aromatic heterocycles. The van der Waals surface area contributed by atoms with E-state index in [4.69, 9.17) is 5.11 Å². The van der Waals surface area contributed by atoms with Crippen molar-refractivity contribution in [2.75, 3.05) is 19.6 Å². The van der Waals surface area contributed by atoms with E-state index in [1.54, 1.807) is 13.0 Å². The second kappa shape index (κ2) is 5.74. The lowest BCUT2D eigenvalue weighted by Crippen LogP contribution is -2.59. The van der Waals surface area contributed by atoms with Gasteiger partial charge in [-0.15, -0.1) is 6.58 Å². The van der Waals surface area contributed by atoms with Crippen molar-refractivity contribution in [3.8, 4) is 0 Å². The molecule has 0 spiro atoms. The van der Waals surface area contributed by atoms with E-state index in [1.165, 1.54) is 0 Å². The van der Waals surface area contributed by atoms with Gasteiger partial charge in [-0.05, 0) is 0 Å². The van der Waals surface area contributed by atoms with Crippen molar-refractivity contribution in [3.05, 3.63) is 12.7 Å². The van der Waals surface area contributed by atoms with Crippen LogP contribution in [0.1, 0.15) is 13.3 Å². The summed E-state index contributed by atoms with van der Waals surface area (Å²) in [6.45, 7) is 6.21. The monoisotopic (exact) mass is 230 g/mol. The largest absolute Gasteiger partial charge is 0.870 e. The number of carboxylic acids is 1. The highest BCUT2D eigenvalue weighted by molar-refractivity contribution is 5.81. The Morgan fingerprint density at radius 3 is 2.81 bits per heavy atom. The molecule has 1 heterocycles. The zero-order valence-corrected chi connectivity index (χ0v) is 9.33. The quantitative estimate of drug-likeness (QED) is 0.514. The Morgan fingerprint density at radius 1 is 1.75 bits per heavy atom. The van der Waals surface area contributed by atoms with Crippen molar-refractivity contribution in [2.45, 2.75) is 19.6 Å². The standard InChI is InChI=1S/C10H16N2O3.H2O/c1-3-4-9-11-5-6-12(9,8(2)13)7-10(14)15;/h3,8,13H,1,4-7H2,2H3;1H2. The molecule has 0 bridgehead atoms. The first kappa shape index (κ1) is 14.8. The van der Waals surface area contributed by atoms with Gasteiger partial charge >= 0.3 is 5.97 Å². The number of hydrogen-bond acceptors (Lipinski definition) is 4. The van der Waals surface area contributed by atoms with Crippen LogP contribution in [-0.2, 0) is 4.79 Å². The number of aliphatic imine (C=N–C) groups is 1. The number of quaternary nitrogens is 1. The van der Waals surface area contributed by atoms with E-state index in [2.05, 4.69) is 11.6 Å². The number of aliphatic carboxylic acids is 1. The van der Waals surface area contributed by atoms with Crippen molar-refractivity contribution < 1.29 is 25.0 Å². The van der Waals surface area contributed by atoms with Gasteiger partial charge in [0.1, 0.15) is 6.54 Å². The Hall–Kier alpha value is -1.24. The molecule has 1 rings (SSSR count). The van der Waals surface area contributed by atoms with Gasteiger partial charge in [0, 0.05) is 6.92 Å². The van der Waals surface area contributed by atoms with Crippen molar-refractivity contribution >= 4 is 11.8 Å². The van der Waals surface area contributed by atoms with Crippen molar-refractivity contribution in [3.63, 3.8) is 0 Å². The molecule has 2 unspecified atom stereocenters. The average molecular weight is 230 g/mol. The summed E-state index contributed by atoms with van der Waals surface area (Å²) < 4.78 is 0.0430. The molecule has 0 saturated heterocycles. The van der Waals surface area contributed by atoms with Crippen LogP contribution in [-0.4, -0.2) is 57.8 Å². The van der Waals surface area contributed by atoms with Gasteiger partial charge in [0.05, 0.1) is 13.0 Å². The molecule has 0 aromatic carbocycles. The summed E-state index contributed by atoms with van der Waals surface area (Å²) >= 11 is 0. The third-order valence-corrected chi connectivity index (χ3v) is 2.77. The fourth-order valence-corrected chi connectivity index (χ4v) is 1.95. The van der Waals surface area contributed by atoms with Crippen LogP contribution in [0, 0.1) is 0 Å². The van der Waals surface area contributed by atoms with Gasteiger partial charge in [0.25, 0.3) is 0 Å². The SMILES string of the molecule is C=CCC1=NCC[N+]1(CC(=O)O)C(C)O.[OH-]. The summed E-state index contributed by atoms with van der Waals surface area (Å²) in [5.41, 5.74) is 0. The highest BCUT2D eigenvalue weighted by Gasteiger charge is 2.43. The van der Waals surface area contributed by atoms with Gasteiger partial charge in [-0.1, -0.05) is 6.08 Å². The first-order valence-electron chi connectivity index (χ1n) is 4.94. The Kier molecular flexibility index (Phi) is 5.29. The van der Waals surface area contributed by atoms with Gasteiger partial charge < -0.3 is 15.7 Å². The Balaban J connectivity index is 0.00000225. The first-order valence-corrected chi connectivity index (χ1v) is 4.94. The number of hydrogen-bond donors (Lipinski definition) is 2. The van der Waals surface area contributed by atoms with E-state index in [0.29, 0.717) is 25.3 Å². The van der Waals surface area contributed by atoms with Gasteiger partial charge in [-0.25, -0.2) is 14.3 Å². The fourth-order valence-electron chi connectivity index (χ4n) is 1.95. The molecule has 16 heavy (non-hydrogen) atoms. The zero-order valence-electron chi connectivity index (χ0n) is 9.33. The second-order valence-corrected chi connectivity index (χ2v) is 3.73. The van der Waals surface area contributed by atoms with E-state index >= 15 is 0 Å². The maximum Gasteiger partial charge on any atom is 0.359 e. The van der Waals surface area contributed by atoms with Crippen LogP contribution in [0.25, 0.3) is 0 Å².